The standard InChI is InChI=1S/C17H20N4O3/c1-11(16-20-19-15-5-3-2-4-8-21(15)16)18-17(22)12-6-7-13-14(9-12)24-10-23-13/h6-7,9,11H,2-5,8,10H2,1H3,(H,18,22). The van der Waals surface area contributed by atoms with E-state index in [0.717, 1.165) is 37.5 Å². The van der Waals surface area contributed by atoms with Crippen LogP contribution in [-0.4, -0.2) is 27.5 Å². The van der Waals surface area contributed by atoms with Crippen molar-refractivity contribution >= 4 is 5.91 Å². The van der Waals surface area contributed by atoms with Crippen LogP contribution in [0.3, 0.4) is 0 Å². The molecule has 1 amide bonds. The molecule has 1 aromatic carbocycles. The normalized spacial score (nSPS) is 17.0. The summed E-state index contributed by atoms with van der Waals surface area (Å²) in [4.78, 5) is 12.5. The molecule has 2 aliphatic heterocycles. The van der Waals surface area contributed by atoms with Crippen LogP contribution < -0.4 is 14.8 Å². The zero-order chi connectivity index (χ0) is 16.5. The second-order valence-corrected chi connectivity index (χ2v) is 6.20. The number of nitrogens with one attached hydrogen (secondary N) is 1. The van der Waals surface area contributed by atoms with Crippen molar-refractivity contribution < 1.29 is 14.3 Å². The van der Waals surface area contributed by atoms with E-state index < -0.39 is 0 Å². The van der Waals surface area contributed by atoms with Gasteiger partial charge in [0.25, 0.3) is 5.91 Å². The number of amides is 1. The van der Waals surface area contributed by atoms with E-state index >= 15 is 0 Å². The molecule has 4 rings (SSSR count). The molecule has 3 heterocycles. The third-order valence-corrected chi connectivity index (χ3v) is 4.51. The highest BCUT2D eigenvalue weighted by Crippen LogP contribution is 2.32. The van der Waals surface area contributed by atoms with Gasteiger partial charge in [0.15, 0.2) is 17.3 Å². The molecule has 1 atom stereocenters. The molecule has 0 bridgehead atoms. The van der Waals surface area contributed by atoms with Crippen LogP contribution in [0.4, 0.5) is 0 Å². The second-order valence-electron chi connectivity index (χ2n) is 6.20. The van der Waals surface area contributed by atoms with E-state index in [1.165, 1.54) is 6.42 Å². The summed E-state index contributed by atoms with van der Waals surface area (Å²) in [6.07, 6.45) is 4.44. The number of benzene rings is 1. The molecule has 1 aromatic heterocycles. The first-order chi connectivity index (χ1) is 11.7. The lowest BCUT2D eigenvalue weighted by Crippen LogP contribution is -2.29. The lowest BCUT2D eigenvalue weighted by atomic mass is 10.1. The maximum atomic E-state index is 12.5. The maximum absolute atomic E-state index is 12.5. The highest BCUT2D eigenvalue weighted by Gasteiger charge is 2.22. The van der Waals surface area contributed by atoms with Gasteiger partial charge in [0.1, 0.15) is 5.82 Å². The van der Waals surface area contributed by atoms with Gasteiger partial charge in [-0.3, -0.25) is 4.79 Å². The van der Waals surface area contributed by atoms with Gasteiger partial charge in [-0.2, -0.15) is 0 Å². The van der Waals surface area contributed by atoms with Gasteiger partial charge in [-0.25, -0.2) is 0 Å². The fraction of sp³-hybridized carbons (Fsp3) is 0.471. The Morgan fingerprint density at radius 2 is 2.08 bits per heavy atom. The van der Waals surface area contributed by atoms with Crippen molar-refractivity contribution in [3.8, 4) is 11.5 Å². The topological polar surface area (TPSA) is 78.3 Å². The average Bonchev–Trinajstić information content (AvgIpc) is 3.15. The molecule has 0 radical (unpaired) electrons. The number of ether oxygens (including phenoxy) is 2. The minimum Gasteiger partial charge on any atom is -0.454 e. The molecule has 24 heavy (non-hydrogen) atoms. The smallest absolute Gasteiger partial charge is 0.252 e. The average molecular weight is 328 g/mol. The number of fused-ring (bicyclic) bond motifs is 2. The van der Waals surface area contributed by atoms with E-state index in [0.29, 0.717) is 17.1 Å². The van der Waals surface area contributed by atoms with Crippen molar-refractivity contribution in [2.75, 3.05) is 6.79 Å². The number of carbonyl (C=O) groups is 1. The lowest BCUT2D eigenvalue weighted by Gasteiger charge is -2.15. The molecule has 1 N–H and O–H groups in total. The molecule has 2 aromatic rings. The van der Waals surface area contributed by atoms with Crippen molar-refractivity contribution in [2.45, 2.75) is 45.2 Å². The SMILES string of the molecule is CC(NC(=O)c1ccc2c(c1)OCO2)c1nnc2n1CCCCC2. The lowest BCUT2D eigenvalue weighted by molar-refractivity contribution is 0.0937. The van der Waals surface area contributed by atoms with E-state index in [2.05, 4.69) is 20.1 Å². The number of carbonyl (C=O) groups excluding carboxylic acids is 1. The number of hydrogen-bond donors (Lipinski definition) is 1. The maximum Gasteiger partial charge on any atom is 0.252 e. The molecule has 0 aliphatic carbocycles. The van der Waals surface area contributed by atoms with Crippen molar-refractivity contribution in [2.24, 2.45) is 0 Å². The monoisotopic (exact) mass is 328 g/mol. The third-order valence-electron chi connectivity index (χ3n) is 4.51. The summed E-state index contributed by atoms with van der Waals surface area (Å²) in [7, 11) is 0. The Bertz CT molecular complexity index is 771. The fourth-order valence-electron chi connectivity index (χ4n) is 3.21. The molecule has 7 nitrogen and oxygen atoms in total. The summed E-state index contributed by atoms with van der Waals surface area (Å²) in [5.41, 5.74) is 0.543. The Hall–Kier alpha value is -2.57. The van der Waals surface area contributed by atoms with Gasteiger partial charge in [-0.15, -0.1) is 10.2 Å². The molecule has 7 heteroatoms. The Kier molecular flexibility index (Phi) is 3.84. The van der Waals surface area contributed by atoms with Gasteiger partial charge >= 0.3 is 0 Å². The second kappa shape index (κ2) is 6.14. The number of aryl methyl sites for hydroxylation is 1. The Balaban J connectivity index is 1.51. The summed E-state index contributed by atoms with van der Waals surface area (Å²) in [5.74, 6) is 2.95. The third kappa shape index (κ3) is 2.70. The van der Waals surface area contributed by atoms with Crippen LogP contribution in [0.15, 0.2) is 18.2 Å². The van der Waals surface area contributed by atoms with Gasteiger partial charge in [0.05, 0.1) is 6.04 Å². The van der Waals surface area contributed by atoms with Gasteiger partial charge in [-0.05, 0) is 38.0 Å². The minimum atomic E-state index is -0.206. The molecular formula is C17H20N4O3. The molecule has 126 valence electrons. The van der Waals surface area contributed by atoms with E-state index in [-0.39, 0.29) is 18.7 Å². The van der Waals surface area contributed by atoms with E-state index in [1.54, 1.807) is 18.2 Å². The largest absolute Gasteiger partial charge is 0.454 e. The van der Waals surface area contributed by atoms with Gasteiger partial charge in [0.2, 0.25) is 6.79 Å². The summed E-state index contributed by atoms with van der Waals surface area (Å²) in [6, 6.07) is 4.99. The summed E-state index contributed by atoms with van der Waals surface area (Å²) in [6.45, 7) is 3.05. The predicted octanol–water partition coefficient (Wildman–Crippen LogP) is 2.22. The van der Waals surface area contributed by atoms with Crippen LogP contribution in [0.5, 0.6) is 11.5 Å². The summed E-state index contributed by atoms with van der Waals surface area (Å²) in [5, 5.41) is 11.6. The van der Waals surface area contributed by atoms with Crippen LogP contribution in [-0.2, 0) is 13.0 Å². The molecule has 0 spiro atoms. The van der Waals surface area contributed by atoms with Crippen molar-refractivity contribution in [1.29, 1.82) is 0 Å². The van der Waals surface area contributed by atoms with Crippen LogP contribution in [0.2, 0.25) is 0 Å². The Morgan fingerprint density at radius 3 is 3.00 bits per heavy atom. The number of hydrogen-bond acceptors (Lipinski definition) is 5. The van der Waals surface area contributed by atoms with Crippen LogP contribution in [0.1, 0.15) is 54.2 Å². The predicted molar refractivity (Wildman–Crippen MR) is 86.0 cm³/mol. The fourth-order valence-corrected chi connectivity index (χ4v) is 3.21. The Morgan fingerprint density at radius 1 is 1.21 bits per heavy atom. The number of nitrogens with zero attached hydrogens (tertiary/aromatic N) is 3. The Labute approximate surface area is 140 Å². The zero-order valence-corrected chi connectivity index (χ0v) is 13.6. The number of rotatable bonds is 3. The van der Waals surface area contributed by atoms with Gasteiger partial charge in [0, 0.05) is 18.5 Å². The first kappa shape index (κ1) is 15.0. The zero-order valence-electron chi connectivity index (χ0n) is 13.6. The summed E-state index contributed by atoms with van der Waals surface area (Å²) < 4.78 is 12.7. The van der Waals surface area contributed by atoms with E-state index in [4.69, 9.17) is 9.47 Å². The first-order valence-electron chi connectivity index (χ1n) is 8.35. The van der Waals surface area contributed by atoms with Gasteiger partial charge < -0.3 is 19.4 Å². The number of aromatic nitrogens is 3. The molecule has 1 unspecified atom stereocenters. The van der Waals surface area contributed by atoms with Crippen LogP contribution >= 0.6 is 0 Å². The van der Waals surface area contributed by atoms with Crippen molar-refractivity contribution in [3.63, 3.8) is 0 Å². The molecule has 0 saturated heterocycles. The van der Waals surface area contributed by atoms with Gasteiger partial charge in [-0.1, -0.05) is 6.42 Å². The highest BCUT2D eigenvalue weighted by molar-refractivity contribution is 5.95. The molecule has 2 aliphatic rings. The molecule has 0 fully saturated rings. The van der Waals surface area contributed by atoms with Crippen LogP contribution in [0.25, 0.3) is 0 Å². The minimum absolute atomic E-state index is 0.160. The van der Waals surface area contributed by atoms with E-state index in [9.17, 15) is 4.79 Å². The van der Waals surface area contributed by atoms with E-state index in [1.807, 2.05) is 6.92 Å². The van der Waals surface area contributed by atoms with Crippen molar-refractivity contribution in [3.05, 3.63) is 35.4 Å². The first-order valence-corrected chi connectivity index (χ1v) is 8.35. The summed E-state index contributed by atoms with van der Waals surface area (Å²) >= 11 is 0. The van der Waals surface area contributed by atoms with Crippen LogP contribution in [0, 0.1) is 0 Å². The quantitative estimate of drug-likeness (QED) is 0.935. The molecular weight excluding hydrogens is 308 g/mol. The van der Waals surface area contributed by atoms with Crippen molar-refractivity contribution in [1.82, 2.24) is 20.1 Å². The molecule has 0 saturated carbocycles. The highest BCUT2D eigenvalue weighted by atomic mass is 16.7.